The molecule has 0 unspecified atom stereocenters. The van der Waals surface area contributed by atoms with Gasteiger partial charge in [-0.05, 0) is 59.2 Å². The average molecular weight is 322 g/mol. The van der Waals surface area contributed by atoms with Gasteiger partial charge in [0.1, 0.15) is 0 Å². The lowest BCUT2D eigenvalue weighted by Crippen LogP contribution is -2.04. The average Bonchev–Trinajstić information content (AvgIpc) is 2.35. The molecule has 0 saturated carbocycles. The Balaban J connectivity index is 2.22. The van der Waals surface area contributed by atoms with Crippen LogP contribution in [0.15, 0.2) is 56.7 Å². The first-order chi connectivity index (χ1) is 8.70. The zero-order chi connectivity index (χ0) is 13.0. The molecule has 18 heavy (non-hydrogen) atoms. The van der Waals surface area contributed by atoms with Crippen molar-refractivity contribution < 1.29 is 0 Å². The molecule has 1 N–H and O–H groups in total. The molecular weight excluding hydrogens is 306 g/mol. The predicted octanol–water partition coefficient (Wildman–Crippen LogP) is 4.63. The fraction of sp³-hybridized carbons (Fsp3) is 0.200. The number of aryl methyl sites for hydroxylation is 1. The maximum atomic E-state index is 3.65. The number of rotatable bonds is 4. The lowest BCUT2D eigenvalue weighted by molar-refractivity contribution is 0.816. The van der Waals surface area contributed by atoms with E-state index >= 15 is 0 Å². The molecule has 0 atom stereocenters. The van der Waals surface area contributed by atoms with Gasteiger partial charge < -0.3 is 5.32 Å². The van der Waals surface area contributed by atoms with Gasteiger partial charge in [-0.1, -0.05) is 36.0 Å². The molecule has 94 valence electrons. The Morgan fingerprint density at radius 1 is 1.11 bits per heavy atom. The number of benzene rings is 2. The van der Waals surface area contributed by atoms with Crippen LogP contribution in [-0.2, 0) is 6.54 Å². The summed E-state index contributed by atoms with van der Waals surface area (Å²) in [6.45, 7) is 3.04. The van der Waals surface area contributed by atoms with E-state index in [4.69, 9.17) is 0 Å². The minimum Gasteiger partial charge on any atom is -0.316 e. The number of hydrogen-bond acceptors (Lipinski definition) is 2. The van der Waals surface area contributed by atoms with Crippen molar-refractivity contribution in [2.75, 3.05) is 7.05 Å². The zero-order valence-corrected chi connectivity index (χ0v) is 12.9. The molecule has 2 aromatic carbocycles. The third-order valence-corrected chi connectivity index (χ3v) is 4.86. The van der Waals surface area contributed by atoms with E-state index in [0.29, 0.717) is 0 Å². The fourth-order valence-corrected chi connectivity index (χ4v) is 3.30. The van der Waals surface area contributed by atoms with Crippen molar-refractivity contribution in [1.29, 1.82) is 0 Å². The Morgan fingerprint density at radius 3 is 2.56 bits per heavy atom. The summed E-state index contributed by atoms with van der Waals surface area (Å²) in [6, 6.07) is 15.0. The van der Waals surface area contributed by atoms with Gasteiger partial charge in [0.15, 0.2) is 0 Å². The molecule has 0 saturated heterocycles. The van der Waals surface area contributed by atoms with E-state index in [-0.39, 0.29) is 0 Å². The highest BCUT2D eigenvalue weighted by molar-refractivity contribution is 9.10. The topological polar surface area (TPSA) is 12.0 Å². The molecule has 0 amide bonds. The third-order valence-electron chi connectivity index (χ3n) is 2.69. The molecule has 2 aromatic rings. The highest BCUT2D eigenvalue weighted by Gasteiger charge is 2.05. The second kappa shape index (κ2) is 6.41. The number of hydrogen-bond donors (Lipinski definition) is 1. The van der Waals surface area contributed by atoms with E-state index in [9.17, 15) is 0 Å². The quantitative estimate of drug-likeness (QED) is 0.881. The largest absolute Gasteiger partial charge is 0.316 e. The van der Waals surface area contributed by atoms with Crippen LogP contribution in [0.3, 0.4) is 0 Å². The van der Waals surface area contributed by atoms with Crippen LogP contribution in [0.4, 0.5) is 0 Å². The summed E-state index contributed by atoms with van der Waals surface area (Å²) in [5.41, 5.74) is 2.60. The molecule has 0 spiro atoms. The van der Waals surface area contributed by atoms with Gasteiger partial charge in [0.25, 0.3) is 0 Å². The van der Waals surface area contributed by atoms with Crippen molar-refractivity contribution in [3.8, 4) is 0 Å². The van der Waals surface area contributed by atoms with Crippen LogP contribution >= 0.6 is 27.7 Å². The standard InChI is InChI=1S/C15H16BrNS/c1-11-5-3-4-6-14(11)18-15-8-7-12(10-17-2)9-13(15)16/h3-9,17H,10H2,1-2H3. The maximum absolute atomic E-state index is 3.65. The van der Waals surface area contributed by atoms with Crippen molar-refractivity contribution in [2.24, 2.45) is 0 Å². The van der Waals surface area contributed by atoms with Gasteiger partial charge >= 0.3 is 0 Å². The first-order valence-electron chi connectivity index (χ1n) is 5.87. The van der Waals surface area contributed by atoms with Gasteiger partial charge in [-0.2, -0.15) is 0 Å². The van der Waals surface area contributed by atoms with Crippen LogP contribution in [0.1, 0.15) is 11.1 Å². The van der Waals surface area contributed by atoms with E-state index in [2.05, 4.69) is 70.6 Å². The van der Waals surface area contributed by atoms with Crippen molar-refractivity contribution in [3.63, 3.8) is 0 Å². The molecule has 2 rings (SSSR count). The van der Waals surface area contributed by atoms with Crippen LogP contribution in [0, 0.1) is 6.92 Å². The Kier molecular flexibility index (Phi) is 4.87. The molecule has 0 aliphatic carbocycles. The van der Waals surface area contributed by atoms with Gasteiger partial charge in [-0.3, -0.25) is 0 Å². The third kappa shape index (κ3) is 3.37. The van der Waals surface area contributed by atoms with Gasteiger partial charge in [0.2, 0.25) is 0 Å². The van der Waals surface area contributed by atoms with Crippen LogP contribution < -0.4 is 5.32 Å². The minimum absolute atomic E-state index is 0.897. The minimum atomic E-state index is 0.897. The Labute approximate surface area is 121 Å². The lowest BCUT2D eigenvalue weighted by Gasteiger charge is -2.09. The molecule has 0 bridgehead atoms. The van der Waals surface area contributed by atoms with Crippen molar-refractivity contribution >= 4 is 27.7 Å². The van der Waals surface area contributed by atoms with Gasteiger partial charge in [-0.15, -0.1) is 0 Å². The SMILES string of the molecule is CNCc1ccc(Sc2ccccc2C)c(Br)c1. The van der Waals surface area contributed by atoms with E-state index < -0.39 is 0 Å². The molecule has 0 aliphatic heterocycles. The highest BCUT2D eigenvalue weighted by Crippen LogP contribution is 2.35. The van der Waals surface area contributed by atoms with Crippen LogP contribution in [0.2, 0.25) is 0 Å². The van der Waals surface area contributed by atoms with Crippen LogP contribution in [-0.4, -0.2) is 7.05 Å². The van der Waals surface area contributed by atoms with Crippen LogP contribution in [0.25, 0.3) is 0 Å². The second-order valence-electron chi connectivity index (χ2n) is 4.16. The molecule has 0 aromatic heterocycles. The molecule has 3 heteroatoms. The summed E-state index contributed by atoms with van der Waals surface area (Å²) < 4.78 is 1.16. The summed E-state index contributed by atoms with van der Waals surface area (Å²) in [6.07, 6.45) is 0. The van der Waals surface area contributed by atoms with E-state index in [0.717, 1.165) is 11.0 Å². The van der Waals surface area contributed by atoms with E-state index in [1.807, 2.05) is 7.05 Å². The van der Waals surface area contributed by atoms with Crippen molar-refractivity contribution in [2.45, 2.75) is 23.3 Å². The van der Waals surface area contributed by atoms with E-state index in [1.54, 1.807) is 11.8 Å². The number of nitrogens with one attached hydrogen (secondary N) is 1. The normalized spacial score (nSPS) is 10.6. The van der Waals surface area contributed by atoms with Gasteiger partial charge in [0, 0.05) is 20.8 Å². The second-order valence-corrected chi connectivity index (χ2v) is 6.10. The summed E-state index contributed by atoms with van der Waals surface area (Å²) in [5.74, 6) is 0. The molecular formula is C15H16BrNS. The van der Waals surface area contributed by atoms with Crippen molar-refractivity contribution in [3.05, 3.63) is 58.1 Å². The first-order valence-corrected chi connectivity index (χ1v) is 7.48. The molecule has 0 fully saturated rings. The summed E-state index contributed by atoms with van der Waals surface area (Å²) in [4.78, 5) is 2.56. The molecule has 1 nitrogen and oxygen atoms in total. The molecule has 0 heterocycles. The van der Waals surface area contributed by atoms with Crippen LogP contribution in [0.5, 0.6) is 0 Å². The van der Waals surface area contributed by atoms with E-state index in [1.165, 1.54) is 20.9 Å². The van der Waals surface area contributed by atoms with Gasteiger partial charge in [-0.25, -0.2) is 0 Å². The monoisotopic (exact) mass is 321 g/mol. The summed E-state index contributed by atoms with van der Waals surface area (Å²) in [5, 5.41) is 3.16. The smallest absolute Gasteiger partial charge is 0.0318 e. The Bertz CT molecular complexity index is 540. The first kappa shape index (κ1) is 13.7. The zero-order valence-electron chi connectivity index (χ0n) is 10.5. The summed E-state index contributed by atoms with van der Waals surface area (Å²) >= 11 is 5.45. The fourth-order valence-electron chi connectivity index (χ4n) is 1.73. The predicted molar refractivity (Wildman–Crippen MR) is 82.2 cm³/mol. The Hall–Kier alpha value is -0.770. The molecule has 0 aliphatic rings. The number of halogens is 1. The lowest BCUT2D eigenvalue weighted by atomic mass is 10.2. The maximum Gasteiger partial charge on any atom is 0.0318 e. The highest BCUT2D eigenvalue weighted by atomic mass is 79.9. The molecule has 0 radical (unpaired) electrons. The van der Waals surface area contributed by atoms with Crippen molar-refractivity contribution in [1.82, 2.24) is 5.32 Å². The Morgan fingerprint density at radius 2 is 1.89 bits per heavy atom. The van der Waals surface area contributed by atoms with Gasteiger partial charge in [0.05, 0.1) is 0 Å². The summed E-state index contributed by atoms with van der Waals surface area (Å²) in [7, 11) is 1.96.